The van der Waals surface area contributed by atoms with Gasteiger partial charge in [0.15, 0.2) is 0 Å². The smallest absolute Gasteiger partial charge is 0.0571 e. The Labute approximate surface area is 304 Å². The standard InChI is InChI=1S/C48H31N5/c49-28-31-25-32(29-50)47(27-46(31)52-42-19-9-5-15-37(42)38-16-6-10-20-43(38)52)53-44-24-22-33(26-39(44)48-34-12-2-1-11-30(34)21-23-45(48)53)51-40-17-7-3-13-35(40)36-14-4-8-18-41(36)51/h1-29,49-50H. The molecular weight excluding hydrogens is 647 g/mol. The topological polar surface area (TPSA) is 62.5 Å². The van der Waals surface area contributed by atoms with Crippen LogP contribution in [0, 0.1) is 10.8 Å². The molecule has 0 fully saturated rings. The summed E-state index contributed by atoms with van der Waals surface area (Å²) in [4.78, 5) is 0. The number of aromatic nitrogens is 3. The summed E-state index contributed by atoms with van der Waals surface area (Å²) in [6.07, 6.45) is 2.83. The van der Waals surface area contributed by atoms with Crippen molar-refractivity contribution in [3.05, 3.63) is 175 Å². The van der Waals surface area contributed by atoms with Crippen LogP contribution in [-0.4, -0.2) is 26.1 Å². The molecule has 0 spiro atoms. The fourth-order valence-electron chi connectivity index (χ4n) is 8.79. The summed E-state index contributed by atoms with van der Waals surface area (Å²) in [5.41, 5.74) is 11.0. The van der Waals surface area contributed by atoms with Gasteiger partial charge >= 0.3 is 0 Å². The third-order valence-electron chi connectivity index (χ3n) is 11.0. The Morgan fingerprint density at radius 2 is 0.774 bits per heavy atom. The summed E-state index contributed by atoms with van der Waals surface area (Å²) in [6, 6.07) is 58.2. The van der Waals surface area contributed by atoms with Crippen molar-refractivity contribution in [2.24, 2.45) is 0 Å². The van der Waals surface area contributed by atoms with Crippen LogP contribution in [0.4, 0.5) is 0 Å². The van der Waals surface area contributed by atoms with Gasteiger partial charge in [0.25, 0.3) is 0 Å². The number of rotatable bonds is 5. The van der Waals surface area contributed by atoms with Gasteiger partial charge in [-0.25, -0.2) is 0 Å². The van der Waals surface area contributed by atoms with E-state index in [0.29, 0.717) is 0 Å². The highest BCUT2D eigenvalue weighted by Crippen LogP contribution is 2.41. The van der Waals surface area contributed by atoms with Crippen LogP contribution >= 0.6 is 0 Å². The van der Waals surface area contributed by atoms with Gasteiger partial charge in [-0.1, -0.05) is 103 Å². The van der Waals surface area contributed by atoms with Crippen molar-refractivity contribution >= 4 is 88.6 Å². The van der Waals surface area contributed by atoms with Crippen molar-refractivity contribution in [2.75, 3.05) is 0 Å². The van der Waals surface area contributed by atoms with E-state index >= 15 is 0 Å². The van der Waals surface area contributed by atoms with Gasteiger partial charge in [0, 0.05) is 61.6 Å². The molecule has 2 N–H and O–H groups in total. The first-order valence-electron chi connectivity index (χ1n) is 17.9. The Morgan fingerprint density at radius 3 is 1.32 bits per heavy atom. The fourth-order valence-corrected chi connectivity index (χ4v) is 8.79. The molecule has 11 aromatic rings. The Kier molecular flexibility index (Phi) is 6.19. The number of hydrogen-bond acceptors (Lipinski definition) is 2. The van der Waals surface area contributed by atoms with Crippen molar-refractivity contribution in [3.63, 3.8) is 0 Å². The van der Waals surface area contributed by atoms with E-state index in [-0.39, 0.29) is 0 Å². The third kappa shape index (κ3) is 4.07. The van der Waals surface area contributed by atoms with Crippen molar-refractivity contribution in [1.82, 2.24) is 13.7 Å². The lowest BCUT2D eigenvalue weighted by Gasteiger charge is -2.18. The van der Waals surface area contributed by atoms with Crippen LogP contribution in [-0.2, 0) is 0 Å². The highest BCUT2D eigenvalue weighted by Gasteiger charge is 2.22. The van der Waals surface area contributed by atoms with E-state index in [2.05, 4.69) is 171 Å². The maximum Gasteiger partial charge on any atom is 0.0571 e. The van der Waals surface area contributed by atoms with E-state index in [1.165, 1.54) is 50.4 Å². The lowest BCUT2D eigenvalue weighted by Crippen LogP contribution is -2.06. The van der Waals surface area contributed by atoms with E-state index in [1.807, 2.05) is 6.07 Å². The van der Waals surface area contributed by atoms with Crippen molar-refractivity contribution in [2.45, 2.75) is 0 Å². The molecule has 0 saturated carbocycles. The predicted octanol–water partition coefficient (Wildman–Crippen LogP) is 12.1. The molecule has 8 aromatic carbocycles. The Bertz CT molecular complexity index is 3230. The van der Waals surface area contributed by atoms with Gasteiger partial charge in [0.2, 0.25) is 0 Å². The molecule has 0 aliphatic carbocycles. The fraction of sp³-hybridized carbons (Fsp3) is 0. The zero-order valence-electron chi connectivity index (χ0n) is 28.6. The molecule has 0 atom stereocenters. The minimum Gasteiger partial charge on any atom is -0.309 e. The van der Waals surface area contributed by atoms with Gasteiger partial charge in [-0.3, -0.25) is 0 Å². The second kappa shape index (κ2) is 11.1. The first-order valence-corrected chi connectivity index (χ1v) is 17.9. The van der Waals surface area contributed by atoms with Crippen LogP contribution < -0.4 is 0 Å². The van der Waals surface area contributed by atoms with Crippen molar-refractivity contribution in [3.8, 4) is 17.1 Å². The molecule has 0 radical (unpaired) electrons. The molecule has 0 saturated heterocycles. The van der Waals surface area contributed by atoms with E-state index in [9.17, 15) is 0 Å². The summed E-state index contributed by atoms with van der Waals surface area (Å²) in [7, 11) is 0. The quantitative estimate of drug-likeness (QED) is 0.170. The molecule has 0 amide bonds. The minimum atomic E-state index is 0.742. The highest BCUT2D eigenvalue weighted by molar-refractivity contribution is 6.22. The number of nitrogens with zero attached hydrogens (tertiary/aromatic N) is 3. The monoisotopic (exact) mass is 677 g/mol. The maximum atomic E-state index is 8.67. The molecule has 0 aliphatic heterocycles. The van der Waals surface area contributed by atoms with Crippen LogP contribution in [0.3, 0.4) is 0 Å². The van der Waals surface area contributed by atoms with Crippen LogP contribution in [0.25, 0.3) is 93.3 Å². The summed E-state index contributed by atoms with van der Waals surface area (Å²) in [5.74, 6) is 0. The molecule has 0 bridgehead atoms. The summed E-state index contributed by atoms with van der Waals surface area (Å²) in [6.45, 7) is 0. The molecule has 248 valence electrons. The van der Waals surface area contributed by atoms with E-state index in [4.69, 9.17) is 10.8 Å². The third-order valence-corrected chi connectivity index (χ3v) is 11.0. The second-order valence-corrected chi connectivity index (χ2v) is 13.7. The molecule has 53 heavy (non-hydrogen) atoms. The largest absolute Gasteiger partial charge is 0.309 e. The van der Waals surface area contributed by atoms with Crippen molar-refractivity contribution < 1.29 is 0 Å². The molecule has 0 aliphatic rings. The Balaban J connectivity index is 1.26. The van der Waals surface area contributed by atoms with Crippen LogP contribution in [0.15, 0.2) is 164 Å². The average Bonchev–Trinajstić information content (AvgIpc) is 3.86. The lowest BCUT2D eigenvalue weighted by atomic mass is 10.0. The van der Waals surface area contributed by atoms with Gasteiger partial charge in [0.1, 0.15) is 0 Å². The van der Waals surface area contributed by atoms with Gasteiger partial charge in [-0.05, 0) is 71.4 Å². The summed E-state index contributed by atoms with van der Waals surface area (Å²) < 4.78 is 6.96. The normalized spacial score (nSPS) is 11.9. The van der Waals surface area contributed by atoms with Gasteiger partial charge < -0.3 is 24.5 Å². The molecule has 11 rings (SSSR count). The zero-order chi connectivity index (χ0) is 35.2. The van der Waals surface area contributed by atoms with Crippen molar-refractivity contribution in [1.29, 1.82) is 10.8 Å². The summed E-state index contributed by atoms with van der Waals surface area (Å²) in [5, 5.41) is 26.7. The zero-order valence-corrected chi connectivity index (χ0v) is 28.6. The Hall–Kier alpha value is -7.24. The molecule has 5 heteroatoms. The van der Waals surface area contributed by atoms with Crippen LogP contribution in [0.5, 0.6) is 0 Å². The van der Waals surface area contributed by atoms with E-state index in [1.54, 1.807) is 0 Å². The van der Waals surface area contributed by atoms with Crippen LogP contribution in [0.1, 0.15) is 11.1 Å². The average molecular weight is 678 g/mol. The van der Waals surface area contributed by atoms with E-state index < -0.39 is 0 Å². The van der Waals surface area contributed by atoms with Crippen LogP contribution in [0.2, 0.25) is 0 Å². The first kappa shape index (κ1) is 29.5. The van der Waals surface area contributed by atoms with Gasteiger partial charge in [-0.15, -0.1) is 0 Å². The molecule has 0 unspecified atom stereocenters. The highest BCUT2D eigenvalue weighted by atomic mass is 15.0. The van der Waals surface area contributed by atoms with E-state index in [0.717, 1.165) is 66.4 Å². The SMILES string of the molecule is N=Cc1cc(C=N)c(-n2c3ccc(-n4c5ccccc5c5ccccc54)cc3c3c4ccccc4ccc32)cc1-n1c2ccccc2c2ccccc21. The molecule has 3 aromatic heterocycles. The maximum absolute atomic E-state index is 8.67. The van der Waals surface area contributed by atoms with Gasteiger partial charge in [0.05, 0.1) is 44.5 Å². The number of benzene rings is 8. The number of nitrogens with one attached hydrogen (secondary N) is 2. The molecule has 5 nitrogen and oxygen atoms in total. The first-order chi connectivity index (χ1) is 26.2. The minimum absolute atomic E-state index is 0.742. The summed E-state index contributed by atoms with van der Waals surface area (Å²) >= 11 is 0. The Morgan fingerprint density at radius 1 is 0.340 bits per heavy atom. The van der Waals surface area contributed by atoms with Gasteiger partial charge in [-0.2, -0.15) is 0 Å². The predicted molar refractivity (Wildman–Crippen MR) is 223 cm³/mol. The number of para-hydroxylation sites is 4. The molecule has 3 heterocycles. The lowest BCUT2D eigenvalue weighted by molar-refractivity contribution is 1.12. The number of hydrogen-bond donors (Lipinski definition) is 2. The number of fused-ring (bicyclic) bond motifs is 11. The molecular formula is C48H31N5. The second-order valence-electron chi connectivity index (χ2n) is 13.7.